The largest absolute Gasteiger partial charge is 0.370 e. The van der Waals surface area contributed by atoms with Crippen molar-refractivity contribution < 1.29 is 9.32 Å². The molecule has 0 aliphatic carbocycles. The molecule has 2 N–H and O–H groups in total. The van der Waals surface area contributed by atoms with Crippen LogP contribution in [-0.4, -0.2) is 29.1 Å². The fourth-order valence-corrected chi connectivity index (χ4v) is 2.97. The van der Waals surface area contributed by atoms with Gasteiger partial charge in [0.25, 0.3) is 0 Å². The summed E-state index contributed by atoms with van der Waals surface area (Å²) >= 11 is 5.98. The van der Waals surface area contributed by atoms with E-state index in [1.807, 2.05) is 17.0 Å². The average Bonchev–Trinajstić information content (AvgIpc) is 2.97. The van der Waals surface area contributed by atoms with Crippen LogP contribution in [0.15, 0.2) is 28.8 Å². The highest BCUT2D eigenvalue weighted by molar-refractivity contribution is 6.30. The Kier molecular flexibility index (Phi) is 4.29. The van der Waals surface area contributed by atoms with Crippen LogP contribution in [0.2, 0.25) is 5.02 Å². The minimum Gasteiger partial charge on any atom is -0.370 e. The fourth-order valence-electron chi connectivity index (χ4n) is 2.78. The number of carbonyl (C=O) groups excluding carboxylic acids is 1. The lowest BCUT2D eigenvalue weighted by Gasteiger charge is -2.30. The van der Waals surface area contributed by atoms with Gasteiger partial charge in [-0.15, -0.1) is 0 Å². The molecular formula is C15H17ClN4O2. The second-order valence-corrected chi connectivity index (χ2v) is 5.97. The molecule has 1 aliphatic rings. The lowest BCUT2D eigenvalue weighted by molar-refractivity contribution is -0.118. The first-order chi connectivity index (χ1) is 10.6. The van der Waals surface area contributed by atoms with Crippen LogP contribution in [0.5, 0.6) is 0 Å². The van der Waals surface area contributed by atoms with Gasteiger partial charge in [-0.3, -0.25) is 4.79 Å². The number of nitrogens with zero attached hydrogens (tertiary/aromatic N) is 3. The van der Waals surface area contributed by atoms with Crippen LogP contribution in [0.25, 0.3) is 11.4 Å². The summed E-state index contributed by atoms with van der Waals surface area (Å²) in [4.78, 5) is 17.5. The van der Waals surface area contributed by atoms with Crippen molar-refractivity contribution in [3.8, 4) is 11.4 Å². The zero-order valence-electron chi connectivity index (χ0n) is 12.0. The summed E-state index contributed by atoms with van der Waals surface area (Å²) in [5.41, 5.74) is 6.09. The third kappa shape index (κ3) is 3.39. The van der Waals surface area contributed by atoms with Crippen LogP contribution in [0.4, 0.5) is 6.01 Å². The van der Waals surface area contributed by atoms with Gasteiger partial charge in [0.05, 0.1) is 0 Å². The van der Waals surface area contributed by atoms with Crippen molar-refractivity contribution >= 4 is 23.5 Å². The molecule has 0 saturated carbocycles. The highest BCUT2D eigenvalue weighted by atomic mass is 35.5. The summed E-state index contributed by atoms with van der Waals surface area (Å²) in [6, 6.07) is 7.79. The Labute approximate surface area is 133 Å². The molecule has 22 heavy (non-hydrogen) atoms. The first-order valence-corrected chi connectivity index (χ1v) is 7.62. The number of anilines is 1. The van der Waals surface area contributed by atoms with Gasteiger partial charge in [-0.05, 0) is 30.9 Å². The van der Waals surface area contributed by atoms with Crippen LogP contribution in [0.3, 0.4) is 0 Å². The zero-order valence-corrected chi connectivity index (χ0v) is 12.8. The number of nitrogens with two attached hydrogens (primary N) is 1. The lowest BCUT2D eigenvalue weighted by Crippen LogP contribution is -2.37. The van der Waals surface area contributed by atoms with Gasteiger partial charge >= 0.3 is 6.01 Å². The molecule has 3 rings (SSSR count). The minimum atomic E-state index is -0.267. The van der Waals surface area contributed by atoms with Crippen molar-refractivity contribution in [2.24, 2.45) is 11.7 Å². The third-order valence-corrected chi connectivity index (χ3v) is 4.01. The van der Waals surface area contributed by atoms with E-state index >= 15 is 0 Å². The molecular weight excluding hydrogens is 304 g/mol. The predicted molar refractivity (Wildman–Crippen MR) is 83.5 cm³/mol. The molecule has 1 atom stereocenters. The molecule has 2 heterocycles. The number of rotatable bonds is 4. The van der Waals surface area contributed by atoms with E-state index in [-0.39, 0.29) is 11.8 Å². The number of halogens is 1. The summed E-state index contributed by atoms with van der Waals surface area (Å²) in [6.07, 6.45) is 2.37. The van der Waals surface area contributed by atoms with E-state index in [1.165, 1.54) is 0 Å². The van der Waals surface area contributed by atoms with Gasteiger partial charge in [0.1, 0.15) is 0 Å². The van der Waals surface area contributed by atoms with Crippen molar-refractivity contribution in [2.75, 3.05) is 18.0 Å². The molecule has 6 nitrogen and oxygen atoms in total. The van der Waals surface area contributed by atoms with E-state index < -0.39 is 0 Å². The number of carbonyl (C=O) groups is 1. The van der Waals surface area contributed by atoms with Crippen molar-refractivity contribution in [3.63, 3.8) is 0 Å². The van der Waals surface area contributed by atoms with Gasteiger partial charge in [-0.25, -0.2) is 0 Å². The maximum absolute atomic E-state index is 11.1. The van der Waals surface area contributed by atoms with Gasteiger partial charge in [0.15, 0.2) is 0 Å². The smallest absolute Gasteiger partial charge is 0.324 e. The molecule has 2 aromatic rings. The number of piperidine rings is 1. The lowest BCUT2D eigenvalue weighted by atomic mass is 9.95. The van der Waals surface area contributed by atoms with Crippen LogP contribution in [0, 0.1) is 5.92 Å². The molecule has 116 valence electrons. The highest BCUT2D eigenvalue weighted by Crippen LogP contribution is 2.26. The first-order valence-electron chi connectivity index (χ1n) is 7.25. The van der Waals surface area contributed by atoms with Gasteiger partial charge < -0.3 is 15.2 Å². The van der Waals surface area contributed by atoms with E-state index in [1.54, 1.807) is 12.1 Å². The number of aromatic nitrogens is 2. The monoisotopic (exact) mass is 320 g/mol. The molecule has 1 amide bonds. The SMILES string of the molecule is NC(=O)CC1CCCN(c2nc(-c3cccc(Cl)c3)no2)C1. The van der Waals surface area contributed by atoms with Crippen molar-refractivity contribution in [3.05, 3.63) is 29.3 Å². The summed E-state index contributed by atoms with van der Waals surface area (Å²) in [5, 5.41) is 4.64. The van der Waals surface area contributed by atoms with E-state index in [0.717, 1.165) is 24.9 Å². The van der Waals surface area contributed by atoms with Gasteiger partial charge in [-0.1, -0.05) is 28.9 Å². The summed E-state index contributed by atoms with van der Waals surface area (Å²) in [6.45, 7) is 1.55. The van der Waals surface area contributed by atoms with Crippen LogP contribution in [-0.2, 0) is 4.79 Å². The third-order valence-electron chi connectivity index (χ3n) is 3.78. The summed E-state index contributed by atoms with van der Waals surface area (Å²) < 4.78 is 5.36. The first kappa shape index (κ1) is 14.8. The van der Waals surface area contributed by atoms with Crippen molar-refractivity contribution in [2.45, 2.75) is 19.3 Å². The predicted octanol–water partition coefficient (Wildman–Crippen LogP) is 2.48. The fraction of sp³-hybridized carbons (Fsp3) is 0.400. The minimum absolute atomic E-state index is 0.243. The Morgan fingerprint density at radius 3 is 3.14 bits per heavy atom. The van der Waals surface area contributed by atoms with Crippen LogP contribution >= 0.6 is 11.6 Å². The topological polar surface area (TPSA) is 85.3 Å². The summed E-state index contributed by atoms with van der Waals surface area (Å²) in [5.74, 6) is 0.485. The number of primary amides is 1. The molecule has 1 saturated heterocycles. The Bertz CT molecular complexity index is 673. The Morgan fingerprint density at radius 1 is 1.50 bits per heavy atom. The summed E-state index contributed by atoms with van der Waals surface area (Å²) in [7, 11) is 0. The molecule has 1 aromatic heterocycles. The molecule has 1 aromatic carbocycles. The van der Waals surface area contributed by atoms with E-state index in [0.29, 0.717) is 29.8 Å². The van der Waals surface area contributed by atoms with Gasteiger partial charge in [-0.2, -0.15) is 4.98 Å². The maximum atomic E-state index is 11.1. The van der Waals surface area contributed by atoms with Crippen LogP contribution in [0.1, 0.15) is 19.3 Å². The normalized spacial score (nSPS) is 18.4. The molecule has 0 bridgehead atoms. The quantitative estimate of drug-likeness (QED) is 0.935. The zero-order chi connectivity index (χ0) is 15.5. The molecule has 1 unspecified atom stereocenters. The van der Waals surface area contributed by atoms with E-state index in [2.05, 4.69) is 10.1 Å². The second kappa shape index (κ2) is 6.36. The Morgan fingerprint density at radius 2 is 2.36 bits per heavy atom. The number of hydrogen-bond donors (Lipinski definition) is 1. The average molecular weight is 321 g/mol. The van der Waals surface area contributed by atoms with Gasteiger partial charge in [0.2, 0.25) is 11.7 Å². The molecule has 1 fully saturated rings. The molecule has 1 aliphatic heterocycles. The van der Waals surface area contributed by atoms with E-state index in [4.69, 9.17) is 21.9 Å². The second-order valence-electron chi connectivity index (χ2n) is 5.54. The maximum Gasteiger partial charge on any atom is 0.324 e. The number of amides is 1. The number of hydrogen-bond acceptors (Lipinski definition) is 5. The Hall–Kier alpha value is -2.08. The van der Waals surface area contributed by atoms with Gasteiger partial charge in [0, 0.05) is 30.1 Å². The number of benzene rings is 1. The molecule has 7 heteroatoms. The van der Waals surface area contributed by atoms with Crippen molar-refractivity contribution in [1.82, 2.24) is 10.1 Å². The standard InChI is InChI=1S/C15H17ClN4O2/c16-12-5-1-4-11(8-12)14-18-15(22-19-14)20-6-2-3-10(9-20)7-13(17)21/h1,4-5,8,10H,2-3,6-7,9H2,(H2,17,21). The van der Waals surface area contributed by atoms with E-state index in [9.17, 15) is 4.79 Å². The van der Waals surface area contributed by atoms with Crippen LogP contribution < -0.4 is 10.6 Å². The van der Waals surface area contributed by atoms with Crippen molar-refractivity contribution in [1.29, 1.82) is 0 Å². The molecule has 0 spiro atoms. The highest BCUT2D eigenvalue weighted by Gasteiger charge is 2.25. The Balaban J connectivity index is 1.74. The molecule has 0 radical (unpaired) electrons.